The maximum absolute atomic E-state index is 12.7. The van der Waals surface area contributed by atoms with Crippen LogP contribution in [0.15, 0.2) is 59.8 Å². The Morgan fingerprint density at radius 2 is 1.77 bits per heavy atom. The lowest BCUT2D eigenvalue weighted by Crippen LogP contribution is -2.33. The van der Waals surface area contributed by atoms with E-state index in [0.29, 0.717) is 16.4 Å². The molecule has 154 valence electrons. The van der Waals surface area contributed by atoms with E-state index in [2.05, 4.69) is 26.2 Å². The Hall–Kier alpha value is -3.20. The Kier molecular flexibility index (Phi) is 6.38. The number of amides is 2. The summed E-state index contributed by atoms with van der Waals surface area (Å²) in [6.45, 7) is 0. The summed E-state index contributed by atoms with van der Waals surface area (Å²) in [6, 6.07) is 16.7. The van der Waals surface area contributed by atoms with Gasteiger partial charge in [-0.25, -0.2) is 0 Å². The Balaban J connectivity index is 1.38. The highest BCUT2D eigenvalue weighted by Crippen LogP contribution is 2.22. The molecule has 30 heavy (non-hydrogen) atoms. The number of benzene rings is 2. The average molecular weight is 423 g/mol. The van der Waals surface area contributed by atoms with Crippen LogP contribution >= 0.6 is 11.8 Å². The highest BCUT2D eigenvalue weighted by molar-refractivity contribution is 7.99. The van der Waals surface area contributed by atoms with Crippen LogP contribution in [0.5, 0.6) is 0 Å². The molecule has 2 aromatic carbocycles. The van der Waals surface area contributed by atoms with E-state index in [1.54, 1.807) is 28.9 Å². The summed E-state index contributed by atoms with van der Waals surface area (Å²) >= 11 is 1.23. The minimum absolute atomic E-state index is 0.117. The predicted molar refractivity (Wildman–Crippen MR) is 115 cm³/mol. The molecule has 8 nitrogen and oxygen atoms in total. The first-order valence-corrected chi connectivity index (χ1v) is 10.9. The van der Waals surface area contributed by atoms with E-state index in [9.17, 15) is 9.59 Å². The lowest BCUT2D eigenvalue weighted by atomic mass is 10.1. The van der Waals surface area contributed by atoms with Crippen molar-refractivity contribution in [1.29, 1.82) is 0 Å². The molecule has 0 aliphatic heterocycles. The fourth-order valence-electron chi connectivity index (χ4n) is 3.44. The van der Waals surface area contributed by atoms with Crippen LogP contribution in [0.1, 0.15) is 36.0 Å². The van der Waals surface area contributed by atoms with Crippen molar-refractivity contribution < 1.29 is 9.59 Å². The number of carbonyl (C=O) groups is 2. The monoisotopic (exact) mass is 422 g/mol. The van der Waals surface area contributed by atoms with Crippen molar-refractivity contribution >= 4 is 29.3 Å². The molecule has 0 atom stereocenters. The van der Waals surface area contributed by atoms with Gasteiger partial charge in [0.15, 0.2) is 0 Å². The zero-order chi connectivity index (χ0) is 20.8. The Bertz CT molecular complexity index is 1020. The molecule has 1 saturated carbocycles. The summed E-state index contributed by atoms with van der Waals surface area (Å²) in [5.41, 5.74) is 1.79. The Morgan fingerprint density at radius 1 is 1.03 bits per heavy atom. The van der Waals surface area contributed by atoms with Crippen LogP contribution in [-0.4, -0.2) is 43.8 Å². The zero-order valence-electron chi connectivity index (χ0n) is 16.3. The van der Waals surface area contributed by atoms with Crippen LogP contribution in [0.25, 0.3) is 5.69 Å². The Morgan fingerprint density at radius 3 is 2.57 bits per heavy atom. The largest absolute Gasteiger partial charge is 0.349 e. The lowest BCUT2D eigenvalue weighted by molar-refractivity contribution is -0.113. The third-order valence-corrected chi connectivity index (χ3v) is 5.83. The molecule has 3 aromatic rings. The molecule has 9 heteroatoms. The van der Waals surface area contributed by atoms with E-state index in [0.717, 1.165) is 31.4 Å². The normalized spacial score (nSPS) is 13.9. The van der Waals surface area contributed by atoms with Gasteiger partial charge < -0.3 is 10.6 Å². The molecule has 1 heterocycles. The smallest absolute Gasteiger partial charge is 0.253 e. The van der Waals surface area contributed by atoms with Crippen LogP contribution in [0.4, 0.5) is 5.69 Å². The van der Waals surface area contributed by atoms with E-state index >= 15 is 0 Å². The number of anilines is 1. The molecular formula is C21H22N6O2S. The topological polar surface area (TPSA) is 102 Å². The van der Waals surface area contributed by atoms with Crippen molar-refractivity contribution in [2.24, 2.45) is 0 Å². The number of hydrogen-bond acceptors (Lipinski definition) is 6. The lowest BCUT2D eigenvalue weighted by Gasteiger charge is -2.15. The van der Waals surface area contributed by atoms with Gasteiger partial charge in [-0.1, -0.05) is 54.9 Å². The number of nitrogens with one attached hydrogen (secondary N) is 2. The number of rotatable bonds is 7. The third-order valence-electron chi connectivity index (χ3n) is 4.91. The molecule has 1 aliphatic carbocycles. The summed E-state index contributed by atoms with van der Waals surface area (Å²) in [5.74, 6) is -0.270. The molecule has 1 aliphatic rings. The fourth-order valence-corrected chi connectivity index (χ4v) is 4.13. The Labute approximate surface area is 178 Å². The van der Waals surface area contributed by atoms with Gasteiger partial charge in [0.2, 0.25) is 11.1 Å². The SMILES string of the molecule is O=C(CSc1nnnn1-c1ccccc1)Nc1ccccc1C(=O)NC1CCCC1. The summed E-state index contributed by atoms with van der Waals surface area (Å²) in [4.78, 5) is 25.2. The van der Waals surface area contributed by atoms with Crippen molar-refractivity contribution in [3.8, 4) is 5.69 Å². The molecule has 0 saturated heterocycles. The van der Waals surface area contributed by atoms with Gasteiger partial charge in [-0.2, -0.15) is 4.68 Å². The molecule has 4 rings (SSSR count). The van der Waals surface area contributed by atoms with Gasteiger partial charge in [0.1, 0.15) is 0 Å². The molecule has 1 fully saturated rings. The van der Waals surface area contributed by atoms with E-state index in [1.165, 1.54) is 11.8 Å². The van der Waals surface area contributed by atoms with E-state index in [-0.39, 0.29) is 23.6 Å². The standard InChI is InChI=1S/C21H22N6O2S/c28-19(14-30-21-24-25-26-27(21)16-10-2-1-3-11-16)23-18-13-7-6-12-17(18)20(29)22-15-8-4-5-9-15/h1-3,6-7,10-13,15H,4-5,8-9,14H2,(H,22,29)(H,23,28). The molecule has 2 N–H and O–H groups in total. The highest BCUT2D eigenvalue weighted by Gasteiger charge is 2.20. The maximum Gasteiger partial charge on any atom is 0.253 e. The maximum atomic E-state index is 12.7. The van der Waals surface area contributed by atoms with Gasteiger partial charge in [0, 0.05) is 6.04 Å². The summed E-state index contributed by atoms with van der Waals surface area (Å²) in [6.07, 6.45) is 4.30. The second kappa shape index (κ2) is 9.53. The van der Waals surface area contributed by atoms with Crippen LogP contribution in [-0.2, 0) is 4.79 Å². The van der Waals surface area contributed by atoms with Crippen LogP contribution in [0, 0.1) is 0 Å². The van der Waals surface area contributed by atoms with E-state index in [1.807, 2.05) is 30.3 Å². The second-order valence-corrected chi connectivity index (χ2v) is 7.99. The molecule has 0 radical (unpaired) electrons. The first-order chi connectivity index (χ1) is 14.7. The first kappa shape index (κ1) is 20.1. The number of para-hydroxylation sites is 2. The summed E-state index contributed by atoms with van der Waals surface area (Å²) < 4.78 is 1.58. The van der Waals surface area contributed by atoms with Crippen molar-refractivity contribution in [1.82, 2.24) is 25.5 Å². The number of hydrogen-bond donors (Lipinski definition) is 2. The van der Waals surface area contributed by atoms with Crippen molar-refractivity contribution in [2.45, 2.75) is 36.9 Å². The first-order valence-electron chi connectivity index (χ1n) is 9.87. The molecule has 0 spiro atoms. The average Bonchev–Trinajstić information content (AvgIpc) is 3.45. The van der Waals surface area contributed by atoms with Crippen molar-refractivity contribution in [2.75, 3.05) is 11.1 Å². The number of nitrogens with zero attached hydrogens (tertiary/aromatic N) is 4. The van der Waals surface area contributed by atoms with Gasteiger partial charge >= 0.3 is 0 Å². The molecular weight excluding hydrogens is 400 g/mol. The van der Waals surface area contributed by atoms with E-state index in [4.69, 9.17) is 0 Å². The third kappa shape index (κ3) is 4.85. The van der Waals surface area contributed by atoms with Gasteiger partial charge in [0.25, 0.3) is 5.91 Å². The van der Waals surface area contributed by atoms with Crippen molar-refractivity contribution in [3.63, 3.8) is 0 Å². The van der Waals surface area contributed by atoms with Crippen molar-refractivity contribution in [3.05, 3.63) is 60.2 Å². The number of tetrazole rings is 1. The van der Waals surface area contributed by atoms with Gasteiger partial charge in [-0.3, -0.25) is 9.59 Å². The van der Waals surface area contributed by atoms with Crippen LogP contribution < -0.4 is 10.6 Å². The van der Waals surface area contributed by atoms with Gasteiger partial charge in [0.05, 0.1) is 22.7 Å². The summed E-state index contributed by atoms with van der Waals surface area (Å²) in [5, 5.41) is 18.1. The van der Waals surface area contributed by atoms with Crippen LogP contribution in [0.3, 0.4) is 0 Å². The summed E-state index contributed by atoms with van der Waals surface area (Å²) in [7, 11) is 0. The number of aromatic nitrogens is 4. The van der Waals surface area contributed by atoms with Gasteiger partial charge in [-0.15, -0.1) is 5.10 Å². The quantitative estimate of drug-likeness (QED) is 0.568. The molecule has 2 amide bonds. The minimum atomic E-state index is -0.233. The molecule has 1 aromatic heterocycles. The molecule has 0 unspecified atom stereocenters. The number of carbonyl (C=O) groups excluding carboxylic acids is 2. The van der Waals surface area contributed by atoms with Crippen LogP contribution in [0.2, 0.25) is 0 Å². The molecule has 0 bridgehead atoms. The minimum Gasteiger partial charge on any atom is -0.349 e. The van der Waals surface area contributed by atoms with Gasteiger partial charge in [-0.05, 0) is 47.5 Å². The fraction of sp³-hybridized carbons (Fsp3) is 0.286. The highest BCUT2D eigenvalue weighted by atomic mass is 32.2. The zero-order valence-corrected chi connectivity index (χ0v) is 17.1. The van der Waals surface area contributed by atoms with E-state index < -0.39 is 0 Å². The number of thioether (sulfide) groups is 1. The second-order valence-electron chi connectivity index (χ2n) is 7.05. The predicted octanol–water partition coefficient (Wildman–Crippen LogP) is 3.07.